The zero-order chi connectivity index (χ0) is 26.5. The van der Waals surface area contributed by atoms with E-state index in [9.17, 15) is 29.9 Å². The Morgan fingerprint density at radius 1 is 1.03 bits per heavy atom. The van der Waals surface area contributed by atoms with Crippen molar-refractivity contribution in [3.8, 4) is 23.0 Å². The van der Waals surface area contributed by atoms with Crippen molar-refractivity contribution >= 4 is 29.3 Å². The first-order valence-electron chi connectivity index (χ1n) is 10.8. The van der Waals surface area contributed by atoms with Crippen LogP contribution in [0.15, 0.2) is 71.5 Å². The first-order valence-corrected chi connectivity index (χ1v) is 10.8. The number of hydrogen-bond donors (Lipinski definition) is 4. The fraction of sp³-hybridized carbons (Fsp3) is 0.0800. The second kappa shape index (κ2) is 10.5. The number of hydrazone groups is 1. The predicted octanol–water partition coefficient (Wildman–Crippen LogP) is 3.05. The molecule has 0 aromatic heterocycles. The number of fused-ring (bicyclic) bond motifs is 1. The minimum Gasteiger partial charge on any atom is -0.507 e. The predicted molar refractivity (Wildman–Crippen MR) is 131 cm³/mol. The van der Waals surface area contributed by atoms with Gasteiger partial charge in [-0.1, -0.05) is 24.3 Å². The van der Waals surface area contributed by atoms with Crippen molar-refractivity contribution in [2.75, 3.05) is 6.79 Å². The van der Waals surface area contributed by atoms with Crippen LogP contribution in [-0.2, 0) is 4.79 Å². The maximum atomic E-state index is 13.0. The highest BCUT2D eigenvalue weighted by Gasteiger charge is 2.20. The van der Waals surface area contributed by atoms with Crippen molar-refractivity contribution in [2.45, 2.75) is 6.92 Å². The molecule has 0 radical (unpaired) electrons. The van der Waals surface area contributed by atoms with E-state index in [0.29, 0.717) is 22.6 Å². The molecule has 0 bridgehead atoms. The van der Waals surface area contributed by atoms with E-state index in [2.05, 4.69) is 15.8 Å². The molecule has 3 aromatic carbocycles. The van der Waals surface area contributed by atoms with Gasteiger partial charge in [0.25, 0.3) is 11.8 Å². The van der Waals surface area contributed by atoms with Crippen LogP contribution in [-0.4, -0.2) is 39.5 Å². The third-order valence-corrected chi connectivity index (χ3v) is 5.24. The van der Waals surface area contributed by atoms with E-state index in [-0.39, 0.29) is 23.8 Å². The lowest BCUT2D eigenvalue weighted by Gasteiger charge is -2.10. The summed E-state index contributed by atoms with van der Waals surface area (Å²) in [5.74, 6) is -1.54. The molecule has 4 rings (SSSR count). The molecule has 0 atom stereocenters. The normalized spacial score (nSPS) is 12.7. The molecular weight excluding hydrogens is 484 g/mol. The van der Waals surface area contributed by atoms with Crippen LogP contribution in [0, 0.1) is 10.1 Å². The largest absolute Gasteiger partial charge is 0.507 e. The monoisotopic (exact) mass is 504 g/mol. The number of carbonyl (C=O) groups is 2. The Morgan fingerprint density at radius 2 is 1.76 bits per heavy atom. The van der Waals surface area contributed by atoms with Crippen LogP contribution < -0.4 is 20.2 Å². The number of aromatic hydroxyl groups is 2. The van der Waals surface area contributed by atoms with Gasteiger partial charge in [-0.2, -0.15) is 5.10 Å². The van der Waals surface area contributed by atoms with Crippen molar-refractivity contribution in [1.29, 1.82) is 0 Å². The molecule has 188 valence electrons. The number of nitro groups is 1. The van der Waals surface area contributed by atoms with E-state index < -0.39 is 33.9 Å². The van der Waals surface area contributed by atoms with Gasteiger partial charge in [0.1, 0.15) is 11.4 Å². The molecule has 37 heavy (non-hydrogen) atoms. The van der Waals surface area contributed by atoms with Gasteiger partial charge in [-0.3, -0.25) is 19.7 Å². The highest BCUT2D eigenvalue weighted by Crippen LogP contribution is 2.34. The summed E-state index contributed by atoms with van der Waals surface area (Å²) < 4.78 is 10.6. The number of benzene rings is 3. The first-order chi connectivity index (χ1) is 17.7. The summed E-state index contributed by atoms with van der Waals surface area (Å²) in [6, 6.07) is 14.9. The molecule has 12 nitrogen and oxygen atoms in total. The van der Waals surface area contributed by atoms with Crippen LogP contribution in [0.25, 0.3) is 6.08 Å². The van der Waals surface area contributed by atoms with Gasteiger partial charge in [-0.05, 0) is 42.8 Å². The molecule has 4 N–H and O–H groups in total. The Hall–Kier alpha value is -5.39. The number of hydrogen-bond acceptors (Lipinski definition) is 9. The van der Waals surface area contributed by atoms with Crippen LogP contribution in [0.1, 0.15) is 28.4 Å². The van der Waals surface area contributed by atoms with E-state index in [1.54, 1.807) is 48.5 Å². The number of phenolic OH excluding ortho intramolecular Hbond substituents is 2. The van der Waals surface area contributed by atoms with Crippen LogP contribution >= 0.6 is 0 Å². The number of rotatable bonds is 7. The van der Waals surface area contributed by atoms with Gasteiger partial charge < -0.3 is 25.0 Å². The number of carbonyl (C=O) groups excluding carboxylic acids is 2. The van der Waals surface area contributed by atoms with Crippen LogP contribution in [0.4, 0.5) is 5.69 Å². The van der Waals surface area contributed by atoms with Gasteiger partial charge in [0.15, 0.2) is 17.2 Å². The molecule has 0 aliphatic carbocycles. The smallest absolute Gasteiger partial charge is 0.311 e. The second-order valence-corrected chi connectivity index (χ2v) is 7.74. The lowest BCUT2D eigenvalue weighted by molar-refractivity contribution is -0.385. The fourth-order valence-corrected chi connectivity index (χ4v) is 3.37. The number of ether oxygens (including phenoxy) is 2. The number of phenols is 2. The Bertz CT molecular complexity index is 1450. The summed E-state index contributed by atoms with van der Waals surface area (Å²) in [7, 11) is 0. The SMILES string of the molecule is C/C(=N\NC(=O)C(=Cc1ccc2c(c1)OCO2)NC(=O)c1ccccc1)c1cc([N+](=O)[O-])c(O)cc1O. The van der Waals surface area contributed by atoms with Gasteiger partial charge in [0.05, 0.1) is 10.6 Å². The lowest BCUT2D eigenvalue weighted by atomic mass is 10.1. The average molecular weight is 504 g/mol. The second-order valence-electron chi connectivity index (χ2n) is 7.74. The first kappa shape index (κ1) is 24.7. The Balaban J connectivity index is 1.62. The van der Waals surface area contributed by atoms with Crippen molar-refractivity contribution in [3.05, 3.63) is 93.2 Å². The zero-order valence-electron chi connectivity index (χ0n) is 19.3. The minimum atomic E-state index is -0.824. The molecule has 1 aliphatic heterocycles. The van der Waals surface area contributed by atoms with Crippen molar-refractivity contribution in [1.82, 2.24) is 10.7 Å². The van der Waals surface area contributed by atoms with Crippen LogP contribution in [0.5, 0.6) is 23.0 Å². The zero-order valence-corrected chi connectivity index (χ0v) is 19.3. The molecule has 3 aromatic rings. The molecule has 0 saturated carbocycles. The van der Waals surface area contributed by atoms with Crippen molar-refractivity contribution < 1.29 is 34.2 Å². The van der Waals surface area contributed by atoms with E-state index in [0.717, 1.165) is 12.1 Å². The molecule has 0 fully saturated rings. The standard InChI is InChI=1S/C25H20N4O8/c1-14(17-11-19(29(34)35)21(31)12-20(17)30)27-28-25(33)18(26-24(32)16-5-3-2-4-6-16)9-15-7-8-22-23(10-15)37-13-36-22/h2-12,30-31H,13H2,1H3,(H,26,32)(H,28,33)/b18-9?,27-14+. The summed E-state index contributed by atoms with van der Waals surface area (Å²) in [5.41, 5.74) is 2.22. The summed E-state index contributed by atoms with van der Waals surface area (Å²) in [4.78, 5) is 36.1. The average Bonchev–Trinajstić information content (AvgIpc) is 3.35. The number of nitro benzene ring substituents is 1. The highest BCUT2D eigenvalue weighted by molar-refractivity contribution is 6.07. The molecule has 12 heteroatoms. The van der Waals surface area contributed by atoms with Crippen LogP contribution in [0.2, 0.25) is 0 Å². The molecule has 2 amide bonds. The van der Waals surface area contributed by atoms with Gasteiger partial charge in [-0.25, -0.2) is 5.43 Å². The summed E-state index contributed by atoms with van der Waals surface area (Å²) in [6.07, 6.45) is 1.41. The number of amides is 2. The van der Waals surface area contributed by atoms with E-state index in [1.165, 1.54) is 13.0 Å². The molecular formula is C25H20N4O8. The maximum absolute atomic E-state index is 13.0. The highest BCUT2D eigenvalue weighted by atomic mass is 16.7. The quantitative estimate of drug-likeness (QED) is 0.164. The van der Waals surface area contributed by atoms with Gasteiger partial charge >= 0.3 is 5.69 Å². The third kappa shape index (κ3) is 5.65. The van der Waals surface area contributed by atoms with Gasteiger partial charge in [-0.15, -0.1) is 0 Å². The molecule has 1 aliphatic rings. The summed E-state index contributed by atoms with van der Waals surface area (Å²) in [5, 5.41) is 37.3. The van der Waals surface area contributed by atoms with Crippen LogP contribution in [0.3, 0.4) is 0 Å². The van der Waals surface area contributed by atoms with Gasteiger partial charge in [0, 0.05) is 23.3 Å². The molecule has 0 spiro atoms. The maximum Gasteiger partial charge on any atom is 0.311 e. The molecule has 0 saturated heterocycles. The third-order valence-electron chi connectivity index (χ3n) is 5.24. The summed E-state index contributed by atoms with van der Waals surface area (Å²) in [6.45, 7) is 1.46. The Kier molecular flexibility index (Phi) is 7.00. The summed E-state index contributed by atoms with van der Waals surface area (Å²) >= 11 is 0. The van der Waals surface area contributed by atoms with E-state index >= 15 is 0 Å². The molecule has 0 unspecified atom stereocenters. The fourth-order valence-electron chi connectivity index (χ4n) is 3.37. The number of nitrogens with zero attached hydrogens (tertiary/aromatic N) is 2. The lowest BCUT2D eigenvalue weighted by Crippen LogP contribution is -2.33. The van der Waals surface area contributed by atoms with Crippen molar-refractivity contribution in [2.24, 2.45) is 5.10 Å². The van der Waals surface area contributed by atoms with E-state index in [1.807, 2.05) is 0 Å². The minimum absolute atomic E-state index is 0.00534. The topological polar surface area (TPSA) is 173 Å². The van der Waals surface area contributed by atoms with Gasteiger partial charge in [0.2, 0.25) is 6.79 Å². The van der Waals surface area contributed by atoms with Crippen molar-refractivity contribution in [3.63, 3.8) is 0 Å². The molecule has 1 heterocycles. The Labute approximate surface area is 209 Å². The van der Waals surface area contributed by atoms with E-state index in [4.69, 9.17) is 9.47 Å². The number of nitrogens with one attached hydrogen (secondary N) is 2. The Morgan fingerprint density at radius 3 is 2.49 bits per heavy atom.